The van der Waals surface area contributed by atoms with Crippen LogP contribution < -0.4 is 5.32 Å². The minimum Gasteiger partial charge on any atom is -0.481 e. The van der Waals surface area contributed by atoms with E-state index in [1.165, 1.54) is 6.07 Å². The van der Waals surface area contributed by atoms with Crippen molar-refractivity contribution in [1.29, 1.82) is 0 Å². The second kappa shape index (κ2) is 8.17. The number of aliphatic carboxylic acids is 1. The highest BCUT2D eigenvalue weighted by Crippen LogP contribution is 2.19. The highest BCUT2D eigenvalue weighted by atomic mass is 16.6. The quantitative estimate of drug-likeness (QED) is 0.346. The van der Waals surface area contributed by atoms with Crippen LogP contribution in [0.15, 0.2) is 23.3 Å². The molecule has 1 rings (SSSR count). The number of rotatable bonds is 7. The Labute approximate surface area is 134 Å². The van der Waals surface area contributed by atoms with E-state index < -0.39 is 11.6 Å². The van der Waals surface area contributed by atoms with Crippen molar-refractivity contribution in [2.45, 2.75) is 39.3 Å². The van der Waals surface area contributed by atoms with Crippen LogP contribution in [0, 0.1) is 0 Å². The third kappa shape index (κ3) is 7.85. The third-order valence-corrected chi connectivity index (χ3v) is 2.57. The molecule has 0 saturated carbocycles. The molecule has 1 aromatic carbocycles. The van der Waals surface area contributed by atoms with E-state index in [2.05, 4.69) is 15.3 Å². The Bertz CT molecular complexity index is 631. The SMILES string of the molecule is CC(C)(C)OC(=O)CNCc1cc(CC(=O)O)cc(N=[N+]=[N-])c1. The van der Waals surface area contributed by atoms with Crippen LogP contribution in [0.1, 0.15) is 31.9 Å². The molecule has 8 nitrogen and oxygen atoms in total. The molecule has 0 aliphatic rings. The van der Waals surface area contributed by atoms with Gasteiger partial charge >= 0.3 is 11.9 Å². The first-order valence-corrected chi connectivity index (χ1v) is 7.02. The van der Waals surface area contributed by atoms with Gasteiger partial charge in [0.25, 0.3) is 0 Å². The summed E-state index contributed by atoms with van der Waals surface area (Å²) >= 11 is 0. The summed E-state index contributed by atoms with van der Waals surface area (Å²) in [6.07, 6.45) is -0.173. The summed E-state index contributed by atoms with van der Waals surface area (Å²) in [6.45, 7) is 5.70. The Morgan fingerprint density at radius 1 is 1.30 bits per heavy atom. The standard InChI is InChI=1S/C15H20N4O4/c1-15(2,3)23-14(22)9-17-8-11-4-10(7-13(20)21)5-12(6-11)18-19-16/h4-6,17H,7-9H2,1-3H3,(H,20,21). The Kier molecular flexibility index (Phi) is 6.56. The molecule has 8 heteroatoms. The topological polar surface area (TPSA) is 124 Å². The number of esters is 1. The lowest BCUT2D eigenvalue weighted by atomic mass is 10.1. The molecule has 0 spiro atoms. The first-order chi connectivity index (χ1) is 10.7. The number of nitrogens with zero attached hydrogens (tertiary/aromatic N) is 3. The van der Waals surface area contributed by atoms with E-state index in [0.717, 1.165) is 5.56 Å². The Morgan fingerprint density at radius 3 is 2.52 bits per heavy atom. The maximum atomic E-state index is 11.6. The molecule has 0 radical (unpaired) electrons. The van der Waals surface area contributed by atoms with Crippen LogP contribution in [0.2, 0.25) is 0 Å². The predicted octanol–water partition coefficient (Wildman–Crippen LogP) is 2.69. The average Bonchev–Trinajstić information content (AvgIpc) is 2.35. The predicted molar refractivity (Wildman–Crippen MR) is 84.1 cm³/mol. The van der Waals surface area contributed by atoms with Crippen LogP contribution in [0.3, 0.4) is 0 Å². The van der Waals surface area contributed by atoms with Crippen molar-refractivity contribution in [3.8, 4) is 0 Å². The van der Waals surface area contributed by atoms with Crippen molar-refractivity contribution < 1.29 is 19.4 Å². The summed E-state index contributed by atoms with van der Waals surface area (Å²) in [4.78, 5) is 25.1. The van der Waals surface area contributed by atoms with Crippen molar-refractivity contribution >= 4 is 17.6 Å². The number of benzene rings is 1. The van der Waals surface area contributed by atoms with Gasteiger partial charge in [0.05, 0.1) is 13.0 Å². The summed E-state index contributed by atoms with van der Waals surface area (Å²) in [6, 6.07) is 4.84. The summed E-state index contributed by atoms with van der Waals surface area (Å²) < 4.78 is 5.17. The number of nitrogens with one attached hydrogen (secondary N) is 1. The number of hydrogen-bond acceptors (Lipinski definition) is 5. The molecule has 0 bridgehead atoms. The van der Waals surface area contributed by atoms with Crippen LogP contribution in [-0.2, 0) is 27.3 Å². The maximum Gasteiger partial charge on any atom is 0.320 e. The molecule has 1 aromatic rings. The lowest BCUT2D eigenvalue weighted by Gasteiger charge is -2.19. The van der Waals surface area contributed by atoms with Crippen molar-refractivity contribution in [3.63, 3.8) is 0 Å². The molecule has 0 aromatic heterocycles. The fraction of sp³-hybridized carbons (Fsp3) is 0.467. The molecule has 2 N–H and O–H groups in total. The maximum absolute atomic E-state index is 11.6. The van der Waals surface area contributed by atoms with Gasteiger partial charge in [0.1, 0.15) is 5.60 Å². The zero-order valence-electron chi connectivity index (χ0n) is 13.4. The van der Waals surface area contributed by atoms with E-state index >= 15 is 0 Å². The molecule has 124 valence electrons. The number of azide groups is 1. The number of carbonyl (C=O) groups is 2. The van der Waals surface area contributed by atoms with Crippen LogP contribution in [0.5, 0.6) is 0 Å². The van der Waals surface area contributed by atoms with Gasteiger partial charge < -0.3 is 15.2 Å². The van der Waals surface area contributed by atoms with Crippen LogP contribution in [0.25, 0.3) is 10.4 Å². The Hall–Kier alpha value is -2.57. The highest BCUT2D eigenvalue weighted by molar-refractivity contribution is 5.72. The van der Waals surface area contributed by atoms with E-state index in [1.54, 1.807) is 32.9 Å². The van der Waals surface area contributed by atoms with Gasteiger partial charge in [-0.25, -0.2) is 0 Å². The third-order valence-electron chi connectivity index (χ3n) is 2.57. The number of ether oxygens (including phenoxy) is 1. The molecule has 0 unspecified atom stereocenters. The molecule has 23 heavy (non-hydrogen) atoms. The summed E-state index contributed by atoms with van der Waals surface area (Å²) in [5.41, 5.74) is 9.53. The highest BCUT2D eigenvalue weighted by Gasteiger charge is 2.15. The summed E-state index contributed by atoms with van der Waals surface area (Å²) in [5.74, 6) is -1.36. The normalized spacial score (nSPS) is 10.7. The van der Waals surface area contributed by atoms with Crippen molar-refractivity contribution in [1.82, 2.24) is 5.32 Å². The van der Waals surface area contributed by atoms with E-state index in [4.69, 9.17) is 15.4 Å². The first-order valence-electron chi connectivity index (χ1n) is 7.02. The molecule has 0 aliphatic heterocycles. The molecule has 0 atom stereocenters. The second-order valence-electron chi connectivity index (χ2n) is 5.96. The van der Waals surface area contributed by atoms with E-state index in [-0.39, 0.29) is 18.9 Å². The number of carbonyl (C=O) groups excluding carboxylic acids is 1. The molecule has 0 heterocycles. The number of carboxylic acid groups (broad SMARTS) is 1. The second-order valence-corrected chi connectivity index (χ2v) is 5.96. The fourth-order valence-electron chi connectivity index (χ4n) is 1.92. The average molecular weight is 320 g/mol. The minimum absolute atomic E-state index is 0.0251. The van der Waals surface area contributed by atoms with Gasteiger partial charge in [-0.1, -0.05) is 11.2 Å². The molecule has 0 saturated heterocycles. The Balaban J connectivity index is 2.71. The molecular weight excluding hydrogens is 300 g/mol. The minimum atomic E-state index is -0.976. The monoisotopic (exact) mass is 320 g/mol. The zero-order chi connectivity index (χ0) is 17.5. The van der Waals surface area contributed by atoms with Crippen molar-refractivity contribution in [2.24, 2.45) is 5.11 Å². The van der Waals surface area contributed by atoms with Crippen molar-refractivity contribution in [2.75, 3.05) is 6.54 Å². The van der Waals surface area contributed by atoms with Gasteiger partial charge in [0.2, 0.25) is 0 Å². The molecule has 0 amide bonds. The van der Waals surface area contributed by atoms with E-state index in [1.807, 2.05) is 0 Å². The van der Waals surface area contributed by atoms with Gasteiger partial charge in [-0.15, -0.1) is 0 Å². The summed E-state index contributed by atoms with van der Waals surface area (Å²) in [5, 5.41) is 15.3. The zero-order valence-corrected chi connectivity index (χ0v) is 13.4. The van der Waals surface area contributed by atoms with Gasteiger partial charge in [0, 0.05) is 17.1 Å². The molecule has 0 fully saturated rings. The van der Waals surface area contributed by atoms with Gasteiger partial charge in [-0.2, -0.15) is 0 Å². The van der Waals surface area contributed by atoms with E-state index in [9.17, 15) is 9.59 Å². The van der Waals surface area contributed by atoms with Crippen LogP contribution >= 0.6 is 0 Å². The van der Waals surface area contributed by atoms with E-state index in [0.29, 0.717) is 17.8 Å². The van der Waals surface area contributed by atoms with Crippen molar-refractivity contribution in [3.05, 3.63) is 39.8 Å². The number of hydrogen-bond donors (Lipinski definition) is 2. The first kappa shape index (κ1) is 18.5. The summed E-state index contributed by atoms with van der Waals surface area (Å²) in [7, 11) is 0. The van der Waals surface area contributed by atoms with Gasteiger partial charge in [-0.3, -0.25) is 9.59 Å². The fourth-order valence-corrected chi connectivity index (χ4v) is 1.92. The lowest BCUT2D eigenvalue weighted by molar-refractivity contribution is -0.153. The van der Waals surface area contributed by atoms with Gasteiger partial charge in [0.15, 0.2) is 0 Å². The molecular formula is C15H20N4O4. The largest absolute Gasteiger partial charge is 0.481 e. The number of carboxylic acids is 1. The lowest BCUT2D eigenvalue weighted by Crippen LogP contribution is -2.31. The van der Waals surface area contributed by atoms with Crippen LogP contribution in [-0.4, -0.2) is 29.2 Å². The Morgan fingerprint density at radius 2 is 1.96 bits per heavy atom. The molecule has 0 aliphatic carbocycles. The van der Waals surface area contributed by atoms with Gasteiger partial charge in [-0.05, 0) is 49.6 Å². The smallest absolute Gasteiger partial charge is 0.320 e. The van der Waals surface area contributed by atoms with Crippen LogP contribution in [0.4, 0.5) is 5.69 Å².